The van der Waals surface area contributed by atoms with Crippen molar-refractivity contribution in [3.63, 3.8) is 0 Å². The van der Waals surface area contributed by atoms with E-state index in [1.807, 2.05) is 67.8 Å². The van der Waals surface area contributed by atoms with E-state index in [1.54, 1.807) is 12.3 Å². The molecule has 0 radical (unpaired) electrons. The van der Waals surface area contributed by atoms with Crippen LogP contribution in [-0.2, 0) is 6.61 Å². The minimum Gasteiger partial charge on any atom is -0.487 e. The number of rotatable bonds is 6. The molecule has 4 heteroatoms. The molecule has 3 aromatic rings. The van der Waals surface area contributed by atoms with Crippen LogP contribution in [0.15, 0.2) is 60.1 Å². The number of aryl methyl sites for hydroxylation is 2. The molecule has 126 valence electrons. The number of carbonyl (C=O) groups excluding carboxylic acids is 1. The van der Waals surface area contributed by atoms with Gasteiger partial charge in [-0.05, 0) is 72.3 Å². The topological polar surface area (TPSA) is 39.2 Å². The molecule has 2 aromatic heterocycles. The monoisotopic (exact) mass is 349 g/mol. The van der Waals surface area contributed by atoms with Gasteiger partial charge in [0.1, 0.15) is 12.4 Å². The van der Waals surface area contributed by atoms with Crippen LogP contribution in [0.3, 0.4) is 0 Å². The van der Waals surface area contributed by atoms with Crippen LogP contribution in [0, 0.1) is 13.8 Å². The van der Waals surface area contributed by atoms with Crippen LogP contribution in [0.4, 0.5) is 0 Å². The van der Waals surface area contributed by atoms with Crippen molar-refractivity contribution in [1.29, 1.82) is 0 Å². The van der Waals surface area contributed by atoms with Crippen molar-refractivity contribution in [3.8, 4) is 5.75 Å². The molecule has 0 unspecified atom stereocenters. The van der Waals surface area contributed by atoms with Gasteiger partial charge in [-0.3, -0.25) is 9.78 Å². The summed E-state index contributed by atoms with van der Waals surface area (Å²) >= 11 is 1.45. The van der Waals surface area contributed by atoms with Crippen LogP contribution in [0.1, 0.15) is 32.1 Å². The molecule has 2 heterocycles. The van der Waals surface area contributed by atoms with Gasteiger partial charge >= 0.3 is 0 Å². The minimum absolute atomic E-state index is 0.0285. The second-order valence-electron chi connectivity index (χ2n) is 5.77. The molecule has 0 amide bonds. The highest BCUT2D eigenvalue weighted by atomic mass is 32.1. The summed E-state index contributed by atoms with van der Waals surface area (Å²) in [6.45, 7) is 4.47. The maximum absolute atomic E-state index is 12.1. The highest BCUT2D eigenvalue weighted by Gasteiger charge is 2.07. The second-order valence-corrected chi connectivity index (χ2v) is 6.72. The van der Waals surface area contributed by atoms with Crippen LogP contribution < -0.4 is 4.74 Å². The van der Waals surface area contributed by atoms with Crippen molar-refractivity contribution >= 4 is 23.2 Å². The van der Waals surface area contributed by atoms with Crippen molar-refractivity contribution in [2.45, 2.75) is 20.5 Å². The molecule has 0 aliphatic carbocycles. The number of carbonyl (C=O) groups is 1. The van der Waals surface area contributed by atoms with Crippen LogP contribution in [0.5, 0.6) is 5.75 Å². The van der Waals surface area contributed by atoms with E-state index in [4.69, 9.17) is 4.74 Å². The molecule has 0 saturated heterocycles. The van der Waals surface area contributed by atoms with E-state index >= 15 is 0 Å². The lowest BCUT2D eigenvalue weighted by molar-refractivity contribution is 0.105. The number of allylic oxidation sites excluding steroid dienone is 1. The van der Waals surface area contributed by atoms with Gasteiger partial charge in [0.25, 0.3) is 0 Å². The van der Waals surface area contributed by atoms with E-state index < -0.39 is 0 Å². The zero-order chi connectivity index (χ0) is 17.6. The van der Waals surface area contributed by atoms with Crippen LogP contribution in [0.2, 0.25) is 0 Å². The predicted molar refractivity (Wildman–Crippen MR) is 102 cm³/mol. The van der Waals surface area contributed by atoms with E-state index in [-0.39, 0.29) is 5.78 Å². The largest absolute Gasteiger partial charge is 0.487 e. The van der Waals surface area contributed by atoms with Crippen LogP contribution in [0.25, 0.3) is 6.08 Å². The Morgan fingerprint density at radius 2 is 1.96 bits per heavy atom. The van der Waals surface area contributed by atoms with E-state index in [9.17, 15) is 4.79 Å². The number of hydrogen-bond acceptors (Lipinski definition) is 4. The summed E-state index contributed by atoms with van der Waals surface area (Å²) in [5.41, 5.74) is 3.97. The Morgan fingerprint density at radius 3 is 2.60 bits per heavy atom. The van der Waals surface area contributed by atoms with Crippen LogP contribution >= 0.6 is 11.3 Å². The molecule has 1 aromatic carbocycles. The molecule has 25 heavy (non-hydrogen) atoms. The summed E-state index contributed by atoms with van der Waals surface area (Å²) in [6.07, 6.45) is 5.23. The van der Waals surface area contributed by atoms with Gasteiger partial charge in [0.2, 0.25) is 0 Å². The van der Waals surface area contributed by atoms with Crippen molar-refractivity contribution in [2.75, 3.05) is 0 Å². The SMILES string of the molecule is Cc1cc(/C=C/C(=O)c2cccs2)cc(C)c1OCc1ccccn1. The summed E-state index contributed by atoms with van der Waals surface area (Å²) in [4.78, 5) is 17.1. The van der Waals surface area contributed by atoms with Gasteiger partial charge in [-0.25, -0.2) is 0 Å². The highest BCUT2D eigenvalue weighted by Crippen LogP contribution is 2.26. The molecule has 0 aliphatic rings. The summed E-state index contributed by atoms with van der Waals surface area (Å²) in [7, 11) is 0. The molecule has 3 rings (SSSR count). The summed E-state index contributed by atoms with van der Waals surface area (Å²) in [5.74, 6) is 0.896. The molecular weight excluding hydrogens is 330 g/mol. The summed E-state index contributed by atoms with van der Waals surface area (Å²) in [6, 6.07) is 13.6. The third-order valence-electron chi connectivity index (χ3n) is 3.76. The van der Waals surface area contributed by atoms with Crippen molar-refractivity contribution in [2.24, 2.45) is 0 Å². The Balaban J connectivity index is 1.72. The number of thiophene rings is 1. The van der Waals surface area contributed by atoms with Gasteiger partial charge in [-0.15, -0.1) is 11.3 Å². The smallest absolute Gasteiger partial charge is 0.195 e. The first kappa shape index (κ1) is 17.1. The molecular formula is C21H19NO2S. The third-order valence-corrected chi connectivity index (χ3v) is 4.65. The van der Waals surface area contributed by atoms with Gasteiger partial charge in [0, 0.05) is 6.20 Å². The van der Waals surface area contributed by atoms with E-state index in [2.05, 4.69) is 4.98 Å². The van der Waals surface area contributed by atoms with Gasteiger partial charge in [-0.2, -0.15) is 0 Å². The maximum atomic E-state index is 12.1. The number of aromatic nitrogens is 1. The fourth-order valence-electron chi connectivity index (χ4n) is 2.61. The average Bonchev–Trinajstić information content (AvgIpc) is 3.14. The number of ketones is 1. The number of hydrogen-bond donors (Lipinski definition) is 0. The summed E-state index contributed by atoms with van der Waals surface area (Å²) in [5, 5.41) is 1.91. The first-order valence-corrected chi connectivity index (χ1v) is 8.91. The molecule has 0 saturated carbocycles. The van der Waals surface area contributed by atoms with E-state index in [1.165, 1.54) is 11.3 Å². The Morgan fingerprint density at radius 1 is 1.16 bits per heavy atom. The maximum Gasteiger partial charge on any atom is 0.195 e. The number of benzene rings is 1. The van der Waals surface area contributed by atoms with E-state index in [0.717, 1.165) is 33.0 Å². The predicted octanol–water partition coefficient (Wildman–Crippen LogP) is 5.24. The molecule has 3 nitrogen and oxygen atoms in total. The molecule has 0 spiro atoms. The lowest BCUT2D eigenvalue weighted by atomic mass is 10.0. The molecule has 0 fully saturated rings. The second kappa shape index (κ2) is 7.90. The van der Waals surface area contributed by atoms with Gasteiger partial charge in [-0.1, -0.05) is 18.2 Å². The molecule has 0 N–H and O–H groups in total. The molecule has 0 atom stereocenters. The Hall–Kier alpha value is -2.72. The average molecular weight is 349 g/mol. The van der Waals surface area contributed by atoms with E-state index in [0.29, 0.717) is 6.61 Å². The van der Waals surface area contributed by atoms with Gasteiger partial charge in [0.15, 0.2) is 5.78 Å². The minimum atomic E-state index is 0.0285. The van der Waals surface area contributed by atoms with Crippen molar-refractivity contribution in [3.05, 3.63) is 87.4 Å². The fourth-order valence-corrected chi connectivity index (χ4v) is 3.26. The Bertz CT molecular complexity index is 861. The van der Waals surface area contributed by atoms with Gasteiger partial charge in [0.05, 0.1) is 10.6 Å². The van der Waals surface area contributed by atoms with Gasteiger partial charge < -0.3 is 4.74 Å². The van der Waals surface area contributed by atoms with Crippen molar-refractivity contribution in [1.82, 2.24) is 4.98 Å². The quantitative estimate of drug-likeness (QED) is 0.451. The lowest BCUT2D eigenvalue weighted by Crippen LogP contribution is -2.01. The first-order valence-electron chi connectivity index (χ1n) is 8.03. The number of ether oxygens (including phenoxy) is 1. The molecule has 0 bridgehead atoms. The lowest BCUT2D eigenvalue weighted by Gasteiger charge is -2.13. The Kier molecular flexibility index (Phi) is 5.41. The fraction of sp³-hybridized carbons (Fsp3) is 0.143. The summed E-state index contributed by atoms with van der Waals surface area (Å²) < 4.78 is 5.94. The number of pyridine rings is 1. The first-order chi connectivity index (χ1) is 12.1. The molecule has 0 aliphatic heterocycles. The highest BCUT2D eigenvalue weighted by molar-refractivity contribution is 7.12. The van der Waals surface area contributed by atoms with Crippen LogP contribution in [-0.4, -0.2) is 10.8 Å². The Labute approximate surface area is 151 Å². The van der Waals surface area contributed by atoms with Crippen molar-refractivity contribution < 1.29 is 9.53 Å². The third kappa shape index (κ3) is 4.43. The zero-order valence-corrected chi connectivity index (χ0v) is 15.0. The number of nitrogens with zero attached hydrogens (tertiary/aromatic N) is 1. The zero-order valence-electron chi connectivity index (χ0n) is 14.2. The normalized spacial score (nSPS) is 11.0. The standard InChI is InChI=1S/C21H19NO2S/c1-15-12-17(8-9-19(23)20-7-5-11-25-20)13-16(2)21(15)24-14-18-6-3-4-10-22-18/h3-13H,14H2,1-2H3/b9-8+.